The molecule has 2 aromatic heterocycles. The zero-order chi connectivity index (χ0) is 19.7. The molecule has 0 saturated heterocycles. The first-order valence-corrected chi connectivity index (χ1v) is 8.68. The van der Waals surface area contributed by atoms with Crippen LogP contribution >= 0.6 is 24.8 Å². The molecule has 0 spiro atoms. The van der Waals surface area contributed by atoms with Gasteiger partial charge in [0.1, 0.15) is 25.0 Å². The molecule has 0 aliphatic rings. The zero-order valence-electron chi connectivity index (χ0n) is 16.7. The predicted octanol–water partition coefficient (Wildman–Crippen LogP) is 3.30. The van der Waals surface area contributed by atoms with Crippen LogP contribution in [0.15, 0.2) is 48.8 Å². The maximum absolute atomic E-state index is 12.5. The van der Waals surface area contributed by atoms with Gasteiger partial charge in [0.2, 0.25) is 11.8 Å². The van der Waals surface area contributed by atoms with Crippen molar-refractivity contribution in [1.29, 1.82) is 0 Å². The summed E-state index contributed by atoms with van der Waals surface area (Å²) in [6, 6.07) is 10.7. The van der Waals surface area contributed by atoms with Crippen molar-refractivity contribution < 1.29 is 19.0 Å². The van der Waals surface area contributed by atoms with Crippen molar-refractivity contribution in [3.8, 4) is 11.8 Å². The molecular weight excluding hydrogens is 419 g/mol. The lowest BCUT2D eigenvalue weighted by atomic mass is 10.2. The van der Waals surface area contributed by atoms with Crippen molar-refractivity contribution in [2.45, 2.75) is 32.5 Å². The van der Waals surface area contributed by atoms with Crippen LogP contribution in [0.4, 0.5) is 4.79 Å². The lowest BCUT2D eigenvalue weighted by Crippen LogP contribution is -2.52. The molecule has 1 amide bonds. The van der Waals surface area contributed by atoms with Crippen LogP contribution in [0, 0.1) is 0 Å². The molecule has 2 N–H and O–H groups in total. The van der Waals surface area contributed by atoms with Crippen molar-refractivity contribution in [3.05, 3.63) is 48.8 Å². The number of nitrogens with two attached hydrogens (primary N) is 1. The maximum Gasteiger partial charge on any atom is 0.411 e. The number of pyridine rings is 2. The molecule has 1 unspecified atom stereocenters. The van der Waals surface area contributed by atoms with E-state index in [-0.39, 0.29) is 44.6 Å². The molecule has 0 saturated carbocycles. The first kappa shape index (κ1) is 26.7. The van der Waals surface area contributed by atoms with E-state index in [1.165, 1.54) is 4.90 Å². The third kappa shape index (κ3) is 10.2. The second-order valence-electron chi connectivity index (χ2n) is 6.74. The molecule has 162 valence electrons. The van der Waals surface area contributed by atoms with Crippen molar-refractivity contribution in [3.63, 3.8) is 0 Å². The second kappa shape index (κ2) is 13.0. The van der Waals surface area contributed by atoms with E-state index >= 15 is 0 Å². The summed E-state index contributed by atoms with van der Waals surface area (Å²) in [5.74, 6) is 0.904. The smallest absolute Gasteiger partial charge is 0.411 e. The van der Waals surface area contributed by atoms with E-state index in [1.54, 1.807) is 63.5 Å². The van der Waals surface area contributed by atoms with Gasteiger partial charge in [0.25, 0.3) is 0 Å². The number of nitrogens with zero attached hydrogens (tertiary/aromatic N) is 3. The Morgan fingerprint density at radius 1 is 1.03 bits per heavy atom. The Morgan fingerprint density at radius 2 is 1.59 bits per heavy atom. The number of aromatic nitrogens is 2. The highest BCUT2D eigenvalue weighted by Gasteiger charge is 2.27. The molecular formula is C19H28Cl2N4O4. The lowest BCUT2D eigenvalue weighted by Gasteiger charge is -2.31. The van der Waals surface area contributed by atoms with E-state index in [0.717, 1.165) is 0 Å². The van der Waals surface area contributed by atoms with Crippen LogP contribution in [-0.2, 0) is 4.74 Å². The number of rotatable bonds is 8. The number of halogens is 2. The summed E-state index contributed by atoms with van der Waals surface area (Å²) in [7, 11) is 0. The molecule has 1 atom stereocenters. The van der Waals surface area contributed by atoms with Crippen LogP contribution in [0.2, 0.25) is 0 Å². The third-order valence-electron chi connectivity index (χ3n) is 3.29. The monoisotopic (exact) mass is 446 g/mol. The Hall–Kier alpha value is -2.29. The number of hydrogen-bond donors (Lipinski definition) is 1. The molecule has 2 rings (SSSR count). The van der Waals surface area contributed by atoms with Gasteiger partial charge >= 0.3 is 6.09 Å². The van der Waals surface area contributed by atoms with E-state index in [0.29, 0.717) is 11.8 Å². The molecule has 29 heavy (non-hydrogen) atoms. The molecule has 2 aromatic rings. The first-order chi connectivity index (χ1) is 12.8. The summed E-state index contributed by atoms with van der Waals surface area (Å²) >= 11 is 0. The summed E-state index contributed by atoms with van der Waals surface area (Å²) in [4.78, 5) is 22.1. The average molecular weight is 447 g/mol. The topological polar surface area (TPSA) is 99.8 Å². The number of amides is 1. The Kier molecular flexibility index (Phi) is 12.0. The molecule has 0 fully saturated rings. The minimum absolute atomic E-state index is 0. The van der Waals surface area contributed by atoms with Gasteiger partial charge in [-0.05, 0) is 32.9 Å². The van der Waals surface area contributed by atoms with E-state index in [1.807, 2.05) is 6.07 Å². The average Bonchev–Trinajstić information content (AvgIpc) is 2.63. The zero-order valence-corrected chi connectivity index (χ0v) is 18.3. The van der Waals surface area contributed by atoms with Crippen LogP contribution in [0.1, 0.15) is 20.8 Å². The van der Waals surface area contributed by atoms with E-state index < -0.39 is 17.9 Å². The quantitative estimate of drug-likeness (QED) is 0.620. The van der Waals surface area contributed by atoms with Gasteiger partial charge in [0.15, 0.2) is 0 Å². The largest absolute Gasteiger partial charge is 0.476 e. The van der Waals surface area contributed by atoms with Gasteiger partial charge in [0.05, 0.1) is 6.54 Å². The molecule has 8 nitrogen and oxygen atoms in total. The minimum Gasteiger partial charge on any atom is -0.476 e. The molecule has 10 heteroatoms. The van der Waals surface area contributed by atoms with E-state index in [2.05, 4.69) is 9.97 Å². The molecule has 0 aromatic carbocycles. The SMILES string of the molecule is CC(C)(C)OC(=O)N(CCOc1ccccn1)C(N)COc1ccccn1.Cl.Cl. The van der Waals surface area contributed by atoms with Gasteiger partial charge in [-0.1, -0.05) is 12.1 Å². The maximum atomic E-state index is 12.5. The number of hydrogen-bond acceptors (Lipinski definition) is 7. The lowest BCUT2D eigenvalue weighted by molar-refractivity contribution is 0.00822. The molecule has 0 radical (unpaired) electrons. The fourth-order valence-electron chi connectivity index (χ4n) is 2.09. The summed E-state index contributed by atoms with van der Waals surface area (Å²) in [6.45, 7) is 5.89. The Labute approximate surface area is 183 Å². The predicted molar refractivity (Wildman–Crippen MR) is 115 cm³/mol. The van der Waals surface area contributed by atoms with Crippen molar-refractivity contribution >= 4 is 30.9 Å². The molecule has 0 bridgehead atoms. The van der Waals surface area contributed by atoms with Gasteiger partial charge in [-0.25, -0.2) is 14.8 Å². The van der Waals surface area contributed by atoms with Crippen LogP contribution in [0.3, 0.4) is 0 Å². The van der Waals surface area contributed by atoms with Crippen LogP contribution in [0.25, 0.3) is 0 Å². The Morgan fingerprint density at radius 3 is 2.07 bits per heavy atom. The normalized spacial score (nSPS) is 11.3. The Balaban J connectivity index is 0.00000392. The van der Waals surface area contributed by atoms with Gasteiger partial charge < -0.3 is 19.9 Å². The summed E-state index contributed by atoms with van der Waals surface area (Å²) in [5, 5.41) is 0. The Bertz CT molecular complexity index is 702. The summed E-state index contributed by atoms with van der Waals surface area (Å²) < 4.78 is 16.6. The van der Waals surface area contributed by atoms with Gasteiger partial charge in [0, 0.05) is 24.5 Å². The highest BCUT2D eigenvalue weighted by atomic mass is 35.5. The minimum atomic E-state index is -0.728. The molecule has 2 heterocycles. The fourth-order valence-corrected chi connectivity index (χ4v) is 2.09. The van der Waals surface area contributed by atoms with E-state index in [9.17, 15) is 4.79 Å². The summed E-state index contributed by atoms with van der Waals surface area (Å²) in [6.07, 6.45) is 1.99. The third-order valence-corrected chi connectivity index (χ3v) is 3.29. The van der Waals surface area contributed by atoms with Gasteiger partial charge in [-0.3, -0.25) is 4.90 Å². The first-order valence-electron chi connectivity index (χ1n) is 8.68. The van der Waals surface area contributed by atoms with Crippen molar-refractivity contribution in [2.24, 2.45) is 5.73 Å². The standard InChI is InChI=1S/C19H26N4O4.2ClH/c1-19(2,3)27-18(24)23(12-13-25-16-8-4-6-10-21-16)15(20)14-26-17-9-5-7-11-22-17;;/h4-11,15H,12-14,20H2,1-3H3;2*1H. The van der Waals surface area contributed by atoms with Crippen LogP contribution < -0.4 is 15.2 Å². The molecule has 0 aliphatic carbocycles. The van der Waals surface area contributed by atoms with Gasteiger partial charge in [-0.15, -0.1) is 24.8 Å². The highest BCUT2D eigenvalue weighted by Crippen LogP contribution is 2.12. The number of ether oxygens (including phenoxy) is 3. The number of carbonyl (C=O) groups is 1. The van der Waals surface area contributed by atoms with Crippen LogP contribution in [0.5, 0.6) is 11.8 Å². The second-order valence-corrected chi connectivity index (χ2v) is 6.74. The van der Waals surface area contributed by atoms with Crippen LogP contribution in [-0.4, -0.2) is 52.5 Å². The van der Waals surface area contributed by atoms with E-state index in [4.69, 9.17) is 19.9 Å². The van der Waals surface area contributed by atoms with Crippen molar-refractivity contribution in [2.75, 3.05) is 19.8 Å². The van der Waals surface area contributed by atoms with Crippen molar-refractivity contribution in [1.82, 2.24) is 14.9 Å². The summed E-state index contributed by atoms with van der Waals surface area (Å²) in [5.41, 5.74) is 5.53. The van der Waals surface area contributed by atoms with Gasteiger partial charge in [-0.2, -0.15) is 0 Å². The number of carbonyl (C=O) groups excluding carboxylic acids is 1. The highest BCUT2D eigenvalue weighted by molar-refractivity contribution is 5.85. The fraction of sp³-hybridized carbons (Fsp3) is 0.421. The molecule has 0 aliphatic heterocycles.